The molecule has 10 heteroatoms. The number of carbonyl (C=O) groups is 2. The lowest BCUT2D eigenvalue weighted by Gasteiger charge is -2.35. The molecule has 0 aromatic heterocycles. The van der Waals surface area contributed by atoms with Crippen LogP contribution in [0.2, 0.25) is 0 Å². The first-order valence-electron chi connectivity index (χ1n) is 14.5. The van der Waals surface area contributed by atoms with Gasteiger partial charge in [0, 0.05) is 23.0 Å². The van der Waals surface area contributed by atoms with Gasteiger partial charge in [-0.15, -0.1) is 0 Å². The van der Waals surface area contributed by atoms with Crippen molar-refractivity contribution in [1.29, 1.82) is 0 Å². The van der Waals surface area contributed by atoms with Gasteiger partial charge in [0.25, 0.3) is 10.0 Å². The monoisotopic (exact) mass is 691 g/mol. The summed E-state index contributed by atoms with van der Waals surface area (Å²) >= 11 is 3.46. The van der Waals surface area contributed by atoms with Crippen LogP contribution in [0, 0.1) is 0 Å². The number of benzene rings is 4. The van der Waals surface area contributed by atoms with Crippen molar-refractivity contribution in [2.75, 3.05) is 18.0 Å². The predicted octanol–water partition coefficient (Wildman–Crippen LogP) is 6.21. The first-order chi connectivity index (χ1) is 21.4. The van der Waals surface area contributed by atoms with E-state index in [-0.39, 0.29) is 29.5 Å². The van der Waals surface area contributed by atoms with E-state index < -0.39 is 34.1 Å². The Morgan fingerprint density at radius 3 is 1.96 bits per heavy atom. The lowest BCUT2D eigenvalue weighted by molar-refractivity contribution is -0.140. The predicted molar refractivity (Wildman–Crippen MR) is 180 cm³/mol. The number of nitrogens with zero attached hydrogens (tertiary/aromatic N) is 2. The Balaban J connectivity index is 1.81. The highest BCUT2D eigenvalue weighted by Crippen LogP contribution is 2.27. The van der Waals surface area contributed by atoms with E-state index in [0.717, 1.165) is 19.9 Å². The Bertz CT molecular complexity index is 1680. The molecule has 1 unspecified atom stereocenters. The highest BCUT2D eigenvalue weighted by Gasteiger charge is 2.35. The van der Waals surface area contributed by atoms with E-state index in [1.54, 1.807) is 42.5 Å². The lowest BCUT2D eigenvalue weighted by Crippen LogP contribution is -2.56. The van der Waals surface area contributed by atoms with Crippen LogP contribution < -0.4 is 14.4 Å². The molecule has 4 aromatic rings. The van der Waals surface area contributed by atoms with E-state index in [4.69, 9.17) is 4.74 Å². The molecule has 0 aliphatic rings. The Morgan fingerprint density at radius 1 is 0.822 bits per heavy atom. The molecule has 0 saturated carbocycles. The van der Waals surface area contributed by atoms with Crippen LogP contribution in [0.5, 0.6) is 5.75 Å². The highest BCUT2D eigenvalue weighted by atomic mass is 79.9. The molecule has 2 amide bonds. The Morgan fingerprint density at radius 2 is 1.40 bits per heavy atom. The van der Waals surface area contributed by atoms with Crippen LogP contribution in [0.15, 0.2) is 119 Å². The first-order valence-corrected chi connectivity index (χ1v) is 16.7. The number of hydrogen-bond acceptors (Lipinski definition) is 5. The zero-order chi connectivity index (χ0) is 32.6. The summed E-state index contributed by atoms with van der Waals surface area (Å²) in [5.74, 6) is -0.322. The average Bonchev–Trinajstić information content (AvgIpc) is 3.02. The lowest BCUT2D eigenvalue weighted by atomic mass is 10.0. The standard InChI is InChI=1S/C35H38BrN3O5S/c1-35(2,3)37-34(41)32(23-26-11-7-5-8-12-26)38(24-27-15-17-28(36)18-16-27)33(40)25-39(29-19-21-30(44-4)22-20-29)45(42,43)31-13-9-6-10-14-31/h5-22,32H,23-25H2,1-4H3,(H,37,41). The number of halogens is 1. The molecule has 0 bridgehead atoms. The van der Waals surface area contributed by atoms with E-state index in [9.17, 15) is 18.0 Å². The van der Waals surface area contributed by atoms with Crippen LogP contribution in [0.25, 0.3) is 0 Å². The topological polar surface area (TPSA) is 96.0 Å². The number of ether oxygens (including phenoxy) is 1. The minimum Gasteiger partial charge on any atom is -0.497 e. The summed E-state index contributed by atoms with van der Waals surface area (Å²) in [5.41, 5.74) is 1.37. The minimum atomic E-state index is -4.18. The molecule has 0 spiro atoms. The van der Waals surface area contributed by atoms with Gasteiger partial charge < -0.3 is 15.0 Å². The molecule has 4 rings (SSSR count). The minimum absolute atomic E-state index is 0.0411. The molecule has 0 aliphatic heterocycles. The third-order valence-corrected chi connectivity index (χ3v) is 9.32. The average molecular weight is 693 g/mol. The Hall–Kier alpha value is -4.15. The van der Waals surface area contributed by atoms with Crippen molar-refractivity contribution in [3.8, 4) is 5.75 Å². The molecule has 1 atom stereocenters. The van der Waals surface area contributed by atoms with Crippen LogP contribution >= 0.6 is 15.9 Å². The third-order valence-electron chi connectivity index (χ3n) is 7.01. The van der Waals surface area contributed by atoms with Crippen molar-refractivity contribution in [1.82, 2.24) is 10.2 Å². The molecule has 0 saturated heterocycles. The molecule has 0 radical (unpaired) electrons. The number of methoxy groups -OCH3 is 1. The van der Waals surface area contributed by atoms with Gasteiger partial charge in [-0.2, -0.15) is 0 Å². The van der Waals surface area contributed by atoms with Gasteiger partial charge in [0.15, 0.2) is 0 Å². The zero-order valence-electron chi connectivity index (χ0n) is 25.8. The fourth-order valence-electron chi connectivity index (χ4n) is 4.79. The van der Waals surface area contributed by atoms with Gasteiger partial charge in [0.2, 0.25) is 11.8 Å². The number of sulfonamides is 1. The van der Waals surface area contributed by atoms with Crippen molar-refractivity contribution < 1.29 is 22.7 Å². The summed E-state index contributed by atoms with van der Waals surface area (Å²) in [6.07, 6.45) is 0.235. The van der Waals surface area contributed by atoms with Crippen LogP contribution in [-0.4, -0.2) is 50.4 Å². The van der Waals surface area contributed by atoms with Gasteiger partial charge in [-0.3, -0.25) is 13.9 Å². The number of anilines is 1. The van der Waals surface area contributed by atoms with Gasteiger partial charge in [0.1, 0.15) is 18.3 Å². The Kier molecular flexibility index (Phi) is 11.1. The van der Waals surface area contributed by atoms with Crippen LogP contribution in [0.3, 0.4) is 0 Å². The maximum atomic E-state index is 14.5. The Labute approximate surface area is 274 Å². The summed E-state index contributed by atoms with van der Waals surface area (Å²) < 4.78 is 35.4. The van der Waals surface area contributed by atoms with Crippen LogP contribution in [0.1, 0.15) is 31.9 Å². The van der Waals surface area contributed by atoms with Crippen molar-refractivity contribution >= 4 is 43.5 Å². The summed E-state index contributed by atoms with van der Waals surface area (Å²) in [6, 6.07) is 30.4. The van der Waals surface area contributed by atoms with E-state index in [1.807, 2.05) is 75.4 Å². The number of nitrogens with one attached hydrogen (secondary N) is 1. The summed E-state index contributed by atoms with van der Waals surface area (Å²) in [7, 11) is -2.66. The maximum Gasteiger partial charge on any atom is 0.264 e. The third kappa shape index (κ3) is 9.18. The number of carbonyl (C=O) groups excluding carboxylic acids is 2. The number of rotatable bonds is 12. The summed E-state index contributed by atoms with van der Waals surface area (Å²) in [6.45, 7) is 5.19. The van der Waals surface area contributed by atoms with Gasteiger partial charge in [-0.05, 0) is 80.4 Å². The van der Waals surface area contributed by atoms with Gasteiger partial charge in [-0.1, -0.05) is 76.6 Å². The van der Waals surface area contributed by atoms with Crippen LogP contribution in [-0.2, 0) is 32.6 Å². The molecular weight excluding hydrogens is 654 g/mol. The van der Waals surface area contributed by atoms with Crippen molar-refractivity contribution in [3.63, 3.8) is 0 Å². The smallest absolute Gasteiger partial charge is 0.264 e. The molecule has 1 N–H and O–H groups in total. The zero-order valence-corrected chi connectivity index (χ0v) is 28.2. The quantitative estimate of drug-likeness (QED) is 0.191. The van der Waals surface area contributed by atoms with Gasteiger partial charge >= 0.3 is 0 Å². The number of hydrogen-bond donors (Lipinski definition) is 1. The molecule has 0 fully saturated rings. The first kappa shape index (κ1) is 33.7. The number of amides is 2. The van der Waals surface area contributed by atoms with E-state index in [2.05, 4.69) is 21.2 Å². The van der Waals surface area contributed by atoms with Crippen molar-refractivity contribution in [2.45, 2.75) is 50.2 Å². The highest BCUT2D eigenvalue weighted by molar-refractivity contribution is 9.10. The molecule has 45 heavy (non-hydrogen) atoms. The van der Waals surface area contributed by atoms with E-state index in [0.29, 0.717) is 5.75 Å². The SMILES string of the molecule is COc1ccc(N(CC(=O)N(Cc2ccc(Br)cc2)C(Cc2ccccc2)C(=O)NC(C)(C)C)S(=O)(=O)c2ccccc2)cc1. The van der Waals surface area contributed by atoms with E-state index >= 15 is 0 Å². The molecule has 0 heterocycles. The summed E-state index contributed by atoms with van der Waals surface area (Å²) in [5, 5.41) is 3.04. The second kappa shape index (κ2) is 14.8. The molecule has 236 valence electrons. The van der Waals surface area contributed by atoms with Crippen molar-refractivity contribution in [3.05, 3.63) is 125 Å². The second-order valence-corrected chi connectivity index (χ2v) is 14.4. The molecular formula is C35H38BrN3O5S. The maximum absolute atomic E-state index is 14.5. The second-order valence-electron chi connectivity index (χ2n) is 11.6. The fourth-order valence-corrected chi connectivity index (χ4v) is 6.49. The largest absolute Gasteiger partial charge is 0.497 e. The van der Waals surface area contributed by atoms with Gasteiger partial charge in [-0.25, -0.2) is 8.42 Å². The molecule has 0 aliphatic carbocycles. The summed E-state index contributed by atoms with van der Waals surface area (Å²) in [4.78, 5) is 30.0. The normalized spacial score (nSPS) is 12.2. The van der Waals surface area contributed by atoms with E-state index in [1.165, 1.54) is 24.1 Å². The van der Waals surface area contributed by atoms with Crippen molar-refractivity contribution in [2.24, 2.45) is 0 Å². The van der Waals surface area contributed by atoms with Crippen LogP contribution in [0.4, 0.5) is 5.69 Å². The fraction of sp³-hybridized carbons (Fsp3) is 0.257. The molecule has 4 aromatic carbocycles. The van der Waals surface area contributed by atoms with Gasteiger partial charge in [0.05, 0.1) is 17.7 Å². The molecule has 8 nitrogen and oxygen atoms in total.